The van der Waals surface area contributed by atoms with Gasteiger partial charge in [-0.3, -0.25) is 10.6 Å². The van der Waals surface area contributed by atoms with Gasteiger partial charge in [-0.2, -0.15) is 0 Å². The lowest BCUT2D eigenvalue weighted by Gasteiger charge is -2.11. The van der Waals surface area contributed by atoms with E-state index in [1.54, 1.807) is 6.92 Å². The third-order valence-electron chi connectivity index (χ3n) is 3.22. The van der Waals surface area contributed by atoms with Crippen molar-refractivity contribution in [3.63, 3.8) is 0 Å². The molecule has 1 heterocycles. The van der Waals surface area contributed by atoms with Gasteiger partial charge in [-0.1, -0.05) is 30.3 Å². The topological polar surface area (TPSA) is 68.0 Å². The SMILES string of the molecule is CC(=O)c1c2ccccc2nc2c(NN)cccc12. The summed E-state index contributed by atoms with van der Waals surface area (Å²) < 4.78 is 0. The fraction of sp³-hybridized carbons (Fsp3) is 0.0667. The zero-order valence-electron chi connectivity index (χ0n) is 10.5. The number of carbonyl (C=O) groups excluding carboxylic acids is 1. The highest BCUT2D eigenvalue weighted by Crippen LogP contribution is 2.29. The molecule has 0 fully saturated rings. The molecule has 0 aliphatic rings. The van der Waals surface area contributed by atoms with Crippen LogP contribution in [-0.4, -0.2) is 10.8 Å². The molecule has 1 aromatic heterocycles. The normalized spacial score (nSPS) is 10.8. The number of aromatic nitrogens is 1. The number of pyridine rings is 1. The van der Waals surface area contributed by atoms with Crippen molar-refractivity contribution in [1.82, 2.24) is 4.98 Å². The van der Waals surface area contributed by atoms with E-state index in [9.17, 15) is 4.79 Å². The molecule has 0 aliphatic carbocycles. The standard InChI is InChI=1S/C15H13N3O/c1-9(19)14-10-5-2-3-7-12(10)17-15-11(14)6-4-8-13(15)18-16/h2-8,18H,16H2,1H3. The number of hydrazine groups is 1. The van der Waals surface area contributed by atoms with Crippen molar-refractivity contribution in [1.29, 1.82) is 0 Å². The van der Waals surface area contributed by atoms with Gasteiger partial charge in [-0.05, 0) is 19.1 Å². The second-order valence-corrected chi connectivity index (χ2v) is 4.41. The monoisotopic (exact) mass is 251 g/mol. The van der Waals surface area contributed by atoms with Crippen LogP contribution in [0.1, 0.15) is 17.3 Å². The summed E-state index contributed by atoms with van der Waals surface area (Å²) in [7, 11) is 0. The smallest absolute Gasteiger partial charge is 0.161 e. The second-order valence-electron chi connectivity index (χ2n) is 4.41. The van der Waals surface area contributed by atoms with Crippen molar-refractivity contribution in [3.8, 4) is 0 Å². The number of Topliss-reactive ketones (excluding diaryl/α,β-unsaturated/α-hetero) is 1. The van der Waals surface area contributed by atoms with Gasteiger partial charge < -0.3 is 5.43 Å². The van der Waals surface area contributed by atoms with Crippen molar-refractivity contribution in [2.75, 3.05) is 5.43 Å². The van der Waals surface area contributed by atoms with Crippen LogP contribution in [0.3, 0.4) is 0 Å². The summed E-state index contributed by atoms with van der Waals surface area (Å²) in [6, 6.07) is 13.2. The zero-order chi connectivity index (χ0) is 13.4. The fourth-order valence-electron chi connectivity index (χ4n) is 2.41. The molecular formula is C15H13N3O. The highest BCUT2D eigenvalue weighted by atomic mass is 16.1. The largest absolute Gasteiger partial charge is 0.322 e. The van der Waals surface area contributed by atoms with Crippen LogP contribution in [0.5, 0.6) is 0 Å². The Hall–Kier alpha value is -2.46. The molecule has 0 aliphatic heterocycles. The van der Waals surface area contributed by atoms with E-state index >= 15 is 0 Å². The minimum absolute atomic E-state index is 0.0257. The average Bonchev–Trinajstić information content (AvgIpc) is 2.43. The van der Waals surface area contributed by atoms with Gasteiger partial charge in [0, 0.05) is 16.3 Å². The summed E-state index contributed by atoms with van der Waals surface area (Å²) in [5.41, 5.74) is 5.54. The summed E-state index contributed by atoms with van der Waals surface area (Å²) >= 11 is 0. The summed E-state index contributed by atoms with van der Waals surface area (Å²) in [4.78, 5) is 16.6. The maximum atomic E-state index is 12.0. The lowest BCUT2D eigenvalue weighted by molar-refractivity contribution is 0.102. The first kappa shape index (κ1) is 11.6. The van der Waals surface area contributed by atoms with Gasteiger partial charge in [0.25, 0.3) is 0 Å². The minimum Gasteiger partial charge on any atom is -0.322 e. The van der Waals surface area contributed by atoms with Gasteiger partial charge in [-0.25, -0.2) is 4.98 Å². The molecule has 94 valence electrons. The molecule has 0 bridgehead atoms. The maximum Gasteiger partial charge on any atom is 0.161 e. The third-order valence-corrected chi connectivity index (χ3v) is 3.22. The van der Waals surface area contributed by atoms with Crippen molar-refractivity contribution in [3.05, 3.63) is 48.0 Å². The first-order chi connectivity index (χ1) is 9.22. The Morgan fingerprint density at radius 1 is 1.11 bits per heavy atom. The van der Waals surface area contributed by atoms with Crippen LogP contribution in [-0.2, 0) is 0 Å². The molecular weight excluding hydrogens is 238 g/mol. The van der Waals surface area contributed by atoms with E-state index in [0.717, 1.165) is 16.3 Å². The van der Waals surface area contributed by atoms with E-state index in [1.807, 2.05) is 42.5 Å². The van der Waals surface area contributed by atoms with E-state index in [4.69, 9.17) is 5.84 Å². The number of hydrogen-bond donors (Lipinski definition) is 2. The van der Waals surface area contributed by atoms with E-state index < -0.39 is 0 Å². The molecule has 0 saturated carbocycles. The Labute approximate surface area is 110 Å². The minimum atomic E-state index is 0.0257. The maximum absolute atomic E-state index is 12.0. The number of anilines is 1. The number of nitrogens with one attached hydrogen (secondary N) is 1. The number of hydrogen-bond acceptors (Lipinski definition) is 4. The van der Waals surface area contributed by atoms with E-state index in [2.05, 4.69) is 10.4 Å². The van der Waals surface area contributed by atoms with Gasteiger partial charge in [0.1, 0.15) is 0 Å². The number of nitrogens with two attached hydrogens (primary N) is 1. The van der Waals surface area contributed by atoms with Crippen molar-refractivity contribution < 1.29 is 4.79 Å². The molecule has 0 spiro atoms. The molecule has 2 aromatic carbocycles. The number of para-hydroxylation sites is 2. The van der Waals surface area contributed by atoms with Gasteiger partial charge in [-0.15, -0.1) is 0 Å². The summed E-state index contributed by atoms with van der Waals surface area (Å²) in [6.45, 7) is 1.57. The molecule has 0 saturated heterocycles. The molecule has 0 radical (unpaired) electrons. The second kappa shape index (κ2) is 4.33. The zero-order valence-corrected chi connectivity index (χ0v) is 10.5. The van der Waals surface area contributed by atoms with Crippen LogP contribution in [0.2, 0.25) is 0 Å². The Bertz CT molecular complexity index is 796. The number of fused-ring (bicyclic) bond motifs is 2. The highest BCUT2D eigenvalue weighted by Gasteiger charge is 2.14. The Balaban J connectivity index is 2.58. The Morgan fingerprint density at radius 2 is 1.84 bits per heavy atom. The van der Waals surface area contributed by atoms with Gasteiger partial charge in [0.15, 0.2) is 5.78 Å². The highest BCUT2D eigenvalue weighted by molar-refractivity contribution is 6.17. The van der Waals surface area contributed by atoms with Gasteiger partial charge >= 0.3 is 0 Å². The van der Waals surface area contributed by atoms with Crippen LogP contribution in [0.15, 0.2) is 42.5 Å². The first-order valence-electron chi connectivity index (χ1n) is 6.01. The van der Waals surface area contributed by atoms with Crippen LogP contribution in [0, 0.1) is 0 Å². The molecule has 3 rings (SSSR count). The lowest BCUT2D eigenvalue weighted by Crippen LogP contribution is -2.08. The van der Waals surface area contributed by atoms with Crippen LogP contribution in [0.25, 0.3) is 21.8 Å². The molecule has 0 unspecified atom stereocenters. The van der Waals surface area contributed by atoms with Gasteiger partial charge in [0.05, 0.1) is 16.7 Å². The van der Waals surface area contributed by atoms with Crippen molar-refractivity contribution in [2.45, 2.75) is 6.92 Å². The molecule has 0 amide bonds. The van der Waals surface area contributed by atoms with Crippen molar-refractivity contribution in [2.24, 2.45) is 5.84 Å². The summed E-state index contributed by atoms with van der Waals surface area (Å²) in [6.07, 6.45) is 0. The third kappa shape index (κ3) is 1.73. The average molecular weight is 251 g/mol. The molecule has 4 heteroatoms. The number of nitrogens with zero attached hydrogens (tertiary/aromatic N) is 1. The fourth-order valence-corrected chi connectivity index (χ4v) is 2.41. The number of benzene rings is 2. The molecule has 3 aromatic rings. The van der Waals surface area contributed by atoms with E-state index in [0.29, 0.717) is 16.8 Å². The van der Waals surface area contributed by atoms with E-state index in [1.165, 1.54) is 0 Å². The number of ketones is 1. The van der Waals surface area contributed by atoms with E-state index in [-0.39, 0.29) is 5.78 Å². The van der Waals surface area contributed by atoms with Gasteiger partial charge in [0.2, 0.25) is 0 Å². The quantitative estimate of drug-likeness (QED) is 0.318. The van der Waals surface area contributed by atoms with Crippen LogP contribution >= 0.6 is 0 Å². The summed E-state index contributed by atoms with van der Waals surface area (Å²) in [5.74, 6) is 5.54. The number of nitrogen functional groups attached to an aromatic ring is 1. The Morgan fingerprint density at radius 3 is 2.58 bits per heavy atom. The number of carbonyl (C=O) groups is 1. The van der Waals surface area contributed by atoms with Crippen LogP contribution < -0.4 is 11.3 Å². The molecule has 19 heavy (non-hydrogen) atoms. The predicted octanol–water partition coefficient (Wildman–Crippen LogP) is 2.88. The predicted molar refractivity (Wildman–Crippen MR) is 77.1 cm³/mol. The lowest BCUT2D eigenvalue weighted by atomic mass is 9.99. The molecule has 3 N–H and O–H groups in total. The summed E-state index contributed by atoms with van der Waals surface area (Å²) in [5, 5.41) is 1.69. The first-order valence-corrected chi connectivity index (χ1v) is 6.01. The Kier molecular flexibility index (Phi) is 2.65. The molecule has 4 nitrogen and oxygen atoms in total. The number of rotatable bonds is 2. The molecule has 0 atom stereocenters. The van der Waals surface area contributed by atoms with Crippen molar-refractivity contribution >= 4 is 33.3 Å². The van der Waals surface area contributed by atoms with Crippen LogP contribution in [0.4, 0.5) is 5.69 Å².